The molecule has 1 atom stereocenters. The monoisotopic (exact) mass is 286 g/mol. The third-order valence-electron chi connectivity index (χ3n) is 2.22. The van der Waals surface area contributed by atoms with E-state index in [1.807, 2.05) is 25.1 Å². The van der Waals surface area contributed by atoms with Crippen LogP contribution in [0.15, 0.2) is 22.7 Å². The van der Waals surface area contributed by atoms with E-state index >= 15 is 0 Å². The zero-order chi connectivity index (χ0) is 12.1. The topological polar surface area (TPSA) is 78.3 Å². The molecule has 1 amide bonds. The SMILES string of the molecule is CCC(Oc1c(Br)cccc1CN)C(N)=O. The predicted molar refractivity (Wildman–Crippen MR) is 65.9 cm³/mol. The summed E-state index contributed by atoms with van der Waals surface area (Å²) >= 11 is 3.36. The van der Waals surface area contributed by atoms with Crippen LogP contribution in [0.2, 0.25) is 0 Å². The Kier molecular flexibility index (Phi) is 4.76. The van der Waals surface area contributed by atoms with Crippen LogP contribution in [0.1, 0.15) is 18.9 Å². The molecule has 88 valence electrons. The van der Waals surface area contributed by atoms with Gasteiger partial charge in [0.25, 0.3) is 5.91 Å². The van der Waals surface area contributed by atoms with Crippen molar-refractivity contribution in [3.05, 3.63) is 28.2 Å². The summed E-state index contributed by atoms with van der Waals surface area (Å²) < 4.78 is 6.35. The Morgan fingerprint density at radius 2 is 2.25 bits per heavy atom. The summed E-state index contributed by atoms with van der Waals surface area (Å²) in [6.45, 7) is 2.19. The number of carbonyl (C=O) groups excluding carboxylic acids is 1. The van der Waals surface area contributed by atoms with Gasteiger partial charge in [0.2, 0.25) is 0 Å². The van der Waals surface area contributed by atoms with Gasteiger partial charge in [-0.2, -0.15) is 0 Å². The highest BCUT2D eigenvalue weighted by atomic mass is 79.9. The van der Waals surface area contributed by atoms with Crippen molar-refractivity contribution in [1.82, 2.24) is 0 Å². The van der Waals surface area contributed by atoms with Gasteiger partial charge in [-0.15, -0.1) is 0 Å². The normalized spacial score (nSPS) is 12.2. The Hall–Kier alpha value is -1.07. The molecule has 0 spiro atoms. The van der Waals surface area contributed by atoms with Crippen LogP contribution >= 0.6 is 15.9 Å². The molecule has 1 rings (SSSR count). The fourth-order valence-electron chi connectivity index (χ4n) is 1.33. The van der Waals surface area contributed by atoms with E-state index in [-0.39, 0.29) is 0 Å². The highest BCUT2D eigenvalue weighted by molar-refractivity contribution is 9.10. The van der Waals surface area contributed by atoms with Crippen molar-refractivity contribution >= 4 is 21.8 Å². The number of hydrogen-bond donors (Lipinski definition) is 2. The number of para-hydroxylation sites is 1. The van der Waals surface area contributed by atoms with Crippen LogP contribution in [0.5, 0.6) is 5.75 Å². The third kappa shape index (κ3) is 2.96. The maximum atomic E-state index is 11.1. The molecular formula is C11H15BrN2O2. The van der Waals surface area contributed by atoms with Crippen LogP contribution in [0.4, 0.5) is 0 Å². The van der Waals surface area contributed by atoms with Crippen molar-refractivity contribution in [2.24, 2.45) is 11.5 Å². The molecule has 0 fully saturated rings. The summed E-state index contributed by atoms with van der Waals surface area (Å²) in [5, 5.41) is 0. The Labute approximate surface area is 103 Å². The molecular weight excluding hydrogens is 272 g/mol. The molecule has 0 saturated heterocycles. The first-order chi connectivity index (χ1) is 7.60. The van der Waals surface area contributed by atoms with Crippen LogP contribution < -0.4 is 16.2 Å². The van der Waals surface area contributed by atoms with Gasteiger partial charge < -0.3 is 16.2 Å². The lowest BCUT2D eigenvalue weighted by atomic mass is 10.2. The standard InChI is InChI=1S/C11H15BrN2O2/c1-2-9(11(14)15)16-10-7(6-13)4-3-5-8(10)12/h3-5,9H,2,6,13H2,1H3,(H2,14,15). The van der Waals surface area contributed by atoms with E-state index in [1.54, 1.807) is 0 Å². The van der Waals surface area contributed by atoms with E-state index in [9.17, 15) is 4.79 Å². The van der Waals surface area contributed by atoms with E-state index in [2.05, 4.69) is 15.9 Å². The van der Waals surface area contributed by atoms with Crippen LogP contribution in [0.3, 0.4) is 0 Å². The van der Waals surface area contributed by atoms with E-state index in [0.717, 1.165) is 10.0 Å². The van der Waals surface area contributed by atoms with E-state index < -0.39 is 12.0 Å². The molecule has 0 heterocycles. The van der Waals surface area contributed by atoms with Crippen molar-refractivity contribution in [2.45, 2.75) is 26.0 Å². The molecule has 0 aromatic heterocycles. The molecule has 4 nitrogen and oxygen atoms in total. The lowest BCUT2D eigenvalue weighted by Crippen LogP contribution is -2.33. The number of benzene rings is 1. The summed E-state index contributed by atoms with van der Waals surface area (Å²) in [4.78, 5) is 11.1. The second-order valence-electron chi connectivity index (χ2n) is 3.35. The first-order valence-electron chi connectivity index (χ1n) is 5.03. The summed E-state index contributed by atoms with van der Waals surface area (Å²) in [5.74, 6) is 0.122. The molecule has 16 heavy (non-hydrogen) atoms. The molecule has 0 aliphatic carbocycles. The van der Waals surface area contributed by atoms with Crippen LogP contribution in [0.25, 0.3) is 0 Å². The van der Waals surface area contributed by atoms with Gasteiger partial charge in [0.1, 0.15) is 5.75 Å². The number of nitrogens with two attached hydrogens (primary N) is 2. The Morgan fingerprint density at radius 1 is 1.56 bits per heavy atom. The number of halogens is 1. The third-order valence-corrected chi connectivity index (χ3v) is 2.84. The van der Waals surface area contributed by atoms with Crippen molar-refractivity contribution in [3.8, 4) is 5.75 Å². The Balaban J connectivity index is 2.98. The first kappa shape index (κ1) is 13.0. The Bertz CT molecular complexity index is 382. The van der Waals surface area contributed by atoms with Gasteiger partial charge in [0.15, 0.2) is 6.10 Å². The average molecular weight is 287 g/mol. The minimum Gasteiger partial charge on any atom is -0.479 e. The van der Waals surface area contributed by atoms with Gasteiger partial charge in [-0.3, -0.25) is 4.79 Å². The van der Waals surface area contributed by atoms with Gasteiger partial charge >= 0.3 is 0 Å². The molecule has 0 saturated carbocycles. The second-order valence-corrected chi connectivity index (χ2v) is 4.20. The zero-order valence-electron chi connectivity index (χ0n) is 9.07. The van der Waals surface area contributed by atoms with Crippen LogP contribution in [0, 0.1) is 0 Å². The summed E-state index contributed by atoms with van der Waals surface area (Å²) in [6.07, 6.45) is -0.0928. The predicted octanol–water partition coefficient (Wildman–Crippen LogP) is 1.55. The van der Waals surface area contributed by atoms with Gasteiger partial charge in [0.05, 0.1) is 4.47 Å². The fraction of sp³-hybridized carbons (Fsp3) is 0.364. The smallest absolute Gasteiger partial charge is 0.258 e. The minimum atomic E-state index is -0.621. The van der Waals surface area contributed by atoms with Crippen LogP contribution in [-0.4, -0.2) is 12.0 Å². The number of amides is 1. The number of ether oxygens (including phenoxy) is 1. The van der Waals surface area contributed by atoms with Crippen molar-refractivity contribution in [3.63, 3.8) is 0 Å². The van der Waals surface area contributed by atoms with E-state index in [0.29, 0.717) is 18.7 Å². The Morgan fingerprint density at radius 3 is 2.75 bits per heavy atom. The molecule has 0 aliphatic rings. The largest absolute Gasteiger partial charge is 0.479 e. The highest BCUT2D eigenvalue weighted by Crippen LogP contribution is 2.30. The average Bonchev–Trinajstić information content (AvgIpc) is 2.26. The van der Waals surface area contributed by atoms with Crippen molar-refractivity contribution in [1.29, 1.82) is 0 Å². The van der Waals surface area contributed by atoms with Gasteiger partial charge in [-0.1, -0.05) is 19.1 Å². The van der Waals surface area contributed by atoms with E-state index in [4.69, 9.17) is 16.2 Å². The molecule has 4 N–H and O–H groups in total. The minimum absolute atomic E-state index is 0.351. The number of carbonyl (C=O) groups is 1. The molecule has 5 heteroatoms. The molecule has 0 aliphatic heterocycles. The molecule has 1 aromatic rings. The van der Waals surface area contributed by atoms with Crippen molar-refractivity contribution in [2.75, 3.05) is 0 Å². The fourth-order valence-corrected chi connectivity index (χ4v) is 1.83. The lowest BCUT2D eigenvalue weighted by molar-refractivity contribution is -0.124. The van der Waals surface area contributed by atoms with Crippen molar-refractivity contribution < 1.29 is 9.53 Å². The maximum Gasteiger partial charge on any atom is 0.258 e. The zero-order valence-corrected chi connectivity index (χ0v) is 10.7. The molecule has 1 aromatic carbocycles. The summed E-state index contributed by atoms with van der Waals surface area (Å²) in [6, 6.07) is 5.56. The maximum absolute atomic E-state index is 11.1. The molecule has 0 radical (unpaired) electrons. The highest BCUT2D eigenvalue weighted by Gasteiger charge is 2.17. The van der Waals surface area contributed by atoms with Gasteiger partial charge in [-0.25, -0.2) is 0 Å². The van der Waals surface area contributed by atoms with Gasteiger partial charge in [-0.05, 0) is 28.4 Å². The number of primary amides is 1. The van der Waals surface area contributed by atoms with Gasteiger partial charge in [0, 0.05) is 12.1 Å². The quantitative estimate of drug-likeness (QED) is 0.862. The van der Waals surface area contributed by atoms with E-state index in [1.165, 1.54) is 0 Å². The summed E-state index contributed by atoms with van der Waals surface area (Å²) in [5.41, 5.74) is 11.7. The van der Waals surface area contributed by atoms with Crippen LogP contribution in [-0.2, 0) is 11.3 Å². The number of rotatable bonds is 5. The molecule has 1 unspecified atom stereocenters. The number of hydrogen-bond acceptors (Lipinski definition) is 3. The lowest BCUT2D eigenvalue weighted by Gasteiger charge is -2.17. The molecule has 0 bridgehead atoms. The first-order valence-corrected chi connectivity index (χ1v) is 5.82. The second kappa shape index (κ2) is 5.86. The summed E-state index contributed by atoms with van der Waals surface area (Å²) in [7, 11) is 0.